The Balaban J connectivity index is 1.50. The molecule has 0 radical (unpaired) electrons. The van der Waals surface area contributed by atoms with Gasteiger partial charge < -0.3 is 9.15 Å². The Morgan fingerprint density at radius 3 is 2.42 bits per heavy atom. The van der Waals surface area contributed by atoms with Crippen molar-refractivity contribution in [3.63, 3.8) is 0 Å². The second-order valence-electron chi connectivity index (χ2n) is 6.57. The predicted octanol–water partition coefficient (Wildman–Crippen LogP) is 5.15. The molecule has 3 aromatic rings. The molecule has 0 spiro atoms. The third-order valence-corrected chi connectivity index (χ3v) is 4.88. The van der Waals surface area contributed by atoms with Crippen molar-refractivity contribution in [2.24, 2.45) is 0 Å². The van der Waals surface area contributed by atoms with Gasteiger partial charge in [0, 0.05) is 12.5 Å². The van der Waals surface area contributed by atoms with E-state index in [1.165, 1.54) is 5.56 Å². The second-order valence-corrected chi connectivity index (χ2v) is 6.57. The smallest absolute Gasteiger partial charge is 0.410 e. The quantitative estimate of drug-likeness (QED) is 0.656. The molecule has 1 amide bonds. The molecule has 0 bridgehead atoms. The Hall–Kier alpha value is -3.01. The molecule has 4 heteroatoms. The second kappa shape index (κ2) is 7.48. The number of rotatable bonds is 4. The van der Waals surface area contributed by atoms with Crippen molar-refractivity contribution in [1.82, 2.24) is 4.90 Å². The molecular formula is C22H21NO3. The average molecular weight is 347 g/mol. The summed E-state index contributed by atoms with van der Waals surface area (Å²) in [6.07, 6.45) is 2.19. The first-order valence-electron chi connectivity index (χ1n) is 8.87. The number of carbonyl (C=O) groups is 1. The summed E-state index contributed by atoms with van der Waals surface area (Å²) >= 11 is 0. The SMILES string of the molecule is O=C(OCc1ccccc1)N1C[C@@H](c2ccccc2)CC1c1ccco1. The highest BCUT2D eigenvalue weighted by atomic mass is 16.6. The van der Waals surface area contributed by atoms with E-state index in [4.69, 9.17) is 9.15 Å². The monoisotopic (exact) mass is 347 g/mol. The number of carbonyl (C=O) groups excluding carboxylic acids is 1. The van der Waals surface area contributed by atoms with Crippen molar-refractivity contribution in [1.29, 1.82) is 0 Å². The van der Waals surface area contributed by atoms with Crippen molar-refractivity contribution in [2.75, 3.05) is 6.54 Å². The molecule has 1 fully saturated rings. The number of ether oxygens (including phenoxy) is 1. The number of benzene rings is 2. The fraction of sp³-hybridized carbons (Fsp3) is 0.227. The summed E-state index contributed by atoms with van der Waals surface area (Å²) in [5, 5.41) is 0. The van der Waals surface area contributed by atoms with Crippen LogP contribution in [0.15, 0.2) is 83.5 Å². The molecule has 1 unspecified atom stereocenters. The van der Waals surface area contributed by atoms with E-state index in [1.54, 1.807) is 11.2 Å². The molecule has 0 saturated carbocycles. The van der Waals surface area contributed by atoms with Crippen LogP contribution < -0.4 is 0 Å². The van der Waals surface area contributed by atoms with E-state index in [-0.39, 0.29) is 24.7 Å². The molecule has 0 N–H and O–H groups in total. The van der Waals surface area contributed by atoms with E-state index in [0.717, 1.165) is 17.7 Å². The predicted molar refractivity (Wildman–Crippen MR) is 98.6 cm³/mol. The van der Waals surface area contributed by atoms with Gasteiger partial charge in [0.2, 0.25) is 0 Å². The molecular weight excluding hydrogens is 326 g/mol. The zero-order valence-electron chi connectivity index (χ0n) is 14.5. The van der Waals surface area contributed by atoms with E-state index in [0.29, 0.717) is 6.54 Å². The third-order valence-electron chi connectivity index (χ3n) is 4.88. The van der Waals surface area contributed by atoms with E-state index in [9.17, 15) is 4.79 Å². The maximum atomic E-state index is 12.8. The minimum absolute atomic E-state index is 0.0986. The maximum absolute atomic E-state index is 12.8. The van der Waals surface area contributed by atoms with Crippen molar-refractivity contribution in [3.05, 3.63) is 95.9 Å². The van der Waals surface area contributed by atoms with E-state index in [2.05, 4.69) is 12.1 Å². The van der Waals surface area contributed by atoms with Crippen LogP contribution in [0.1, 0.15) is 35.3 Å². The lowest BCUT2D eigenvalue weighted by atomic mass is 9.96. The molecule has 0 aliphatic carbocycles. The normalized spacial score (nSPS) is 19.5. The zero-order chi connectivity index (χ0) is 17.8. The summed E-state index contributed by atoms with van der Waals surface area (Å²) in [6.45, 7) is 0.903. The Bertz CT molecular complexity index is 830. The summed E-state index contributed by atoms with van der Waals surface area (Å²) in [6, 6.07) is 23.7. The molecule has 1 saturated heterocycles. The number of hydrogen-bond donors (Lipinski definition) is 0. The van der Waals surface area contributed by atoms with Crippen LogP contribution in [0.5, 0.6) is 0 Å². The lowest BCUT2D eigenvalue weighted by Gasteiger charge is -2.22. The third kappa shape index (κ3) is 3.49. The fourth-order valence-corrected chi connectivity index (χ4v) is 3.56. The van der Waals surface area contributed by atoms with Crippen LogP contribution in [0.2, 0.25) is 0 Å². The number of amides is 1. The van der Waals surface area contributed by atoms with Gasteiger partial charge in [-0.1, -0.05) is 60.7 Å². The van der Waals surface area contributed by atoms with Gasteiger partial charge in [-0.25, -0.2) is 4.79 Å². The summed E-state index contributed by atoms with van der Waals surface area (Å²) in [5.41, 5.74) is 2.22. The lowest BCUT2D eigenvalue weighted by Crippen LogP contribution is -2.31. The van der Waals surface area contributed by atoms with E-state index >= 15 is 0 Å². The summed E-state index contributed by atoms with van der Waals surface area (Å²) in [7, 11) is 0. The van der Waals surface area contributed by atoms with Gasteiger partial charge in [-0.05, 0) is 29.7 Å². The first-order valence-corrected chi connectivity index (χ1v) is 8.87. The minimum Gasteiger partial charge on any atom is -0.467 e. The highest BCUT2D eigenvalue weighted by molar-refractivity contribution is 5.69. The number of nitrogens with zero attached hydrogens (tertiary/aromatic N) is 1. The topological polar surface area (TPSA) is 42.7 Å². The van der Waals surface area contributed by atoms with Gasteiger partial charge in [0.25, 0.3) is 0 Å². The molecule has 4 rings (SSSR count). The summed E-state index contributed by atoms with van der Waals surface area (Å²) in [4.78, 5) is 14.6. The van der Waals surface area contributed by atoms with Crippen LogP contribution in [0.3, 0.4) is 0 Å². The molecule has 4 nitrogen and oxygen atoms in total. The van der Waals surface area contributed by atoms with Crippen LogP contribution in [-0.4, -0.2) is 17.5 Å². The molecule has 2 atom stereocenters. The van der Waals surface area contributed by atoms with E-state index < -0.39 is 0 Å². The van der Waals surface area contributed by atoms with Crippen LogP contribution in [0, 0.1) is 0 Å². The lowest BCUT2D eigenvalue weighted by molar-refractivity contribution is 0.0884. The fourth-order valence-electron chi connectivity index (χ4n) is 3.56. The molecule has 1 aliphatic heterocycles. The van der Waals surface area contributed by atoms with Crippen molar-refractivity contribution in [3.8, 4) is 0 Å². The summed E-state index contributed by atoms with van der Waals surface area (Å²) < 4.78 is 11.2. The van der Waals surface area contributed by atoms with Crippen molar-refractivity contribution in [2.45, 2.75) is 25.0 Å². The van der Waals surface area contributed by atoms with Gasteiger partial charge in [-0.15, -0.1) is 0 Å². The van der Waals surface area contributed by atoms with Crippen LogP contribution >= 0.6 is 0 Å². The van der Waals surface area contributed by atoms with Gasteiger partial charge in [0.05, 0.1) is 12.3 Å². The minimum atomic E-state index is -0.298. The van der Waals surface area contributed by atoms with Gasteiger partial charge in [0.15, 0.2) is 0 Å². The standard InChI is InChI=1S/C22H21NO3/c24-22(26-16-17-8-3-1-4-9-17)23-15-19(18-10-5-2-6-11-18)14-20(23)21-12-7-13-25-21/h1-13,19-20H,14-16H2/t19-,20?/m0/s1. The Kier molecular flexibility index (Phi) is 4.73. The molecule has 1 aliphatic rings. The molecule has 1 aromatic heterocycles. The Morgan fingerprint density at radius 1 is 1.00 bits per heavy atom. The first kappa shape index (κ1) is 16.5. The highest BCUT2D eigenvalue weighted by Crippen LogP contribution is 2.41. The Labute approximate surface area is 153 Å². The number of hydrogen-bond acceptors (Lipinski definition) is 3. The molecule has 2 heterocycles. The van der Waals surface area contributed by atoms with Gasteiger partial charge in [-0.2, -0.15) is 0 Å². The van der Waals surface area contributed by atoms with Crippen LogP contribution in [0.25, 0.3) is 0 Å². The largest absolute Gasteiger partial charge is 0.467 e. The van der Waals surface area contributed by atoms with Crippen LogP contribution in [-0.2, 0) is 11.3 Å². The zero-order valence-corrected chi connectivity index (χ0v) is 14.5. The highest BCUT2D eigenvalue weighted by Gasteiger charge is 2.39. The number of likely N-dealkylation sites (tertiary alicyclic amines) is 1. The van der Waals surface area contributed by atoms with E-state index in [1.807, 2.05) is 60.7 Å². The molecule has 132 valence electrons. The van der Waals surface area contributed by atoms with Crippen LogP contribution in [0.4, 0.5) is 4.79 Å². The van der Waals surface area contributed by atoms with Crippen molar-refractivity contribution < 1.29 is 13.9 Å². The first-order chi connectivity index (χ1) is 12.8. The summed E-state index contributed by atoms with van der Waals surface area (Å²) in [5.74, 6) is 1.08. The molecule has 2 aromatic carbocycles. The van der Waals surface area contributed by atoms with Gasteiger partial charge >= 0.3 is 6.09 Å². The average Bonchev–Trinajstić information content (AvgIpc) is 3.37. The maximum Gasteiger partial charge on any atom is 0.410 e. The molecule has 26 heavy (non-hydrogen) atoms. The van der Waals surface area contributed by atoms with Crippen molar-refractivity contribution >= 4 is 6.09 Å². The van der Waals surface area contributed by atoms with Gasteiger partial charge in [0.1, 0.15) is 12.4 Å². The van der Waals surface area contributed by atoms with Gasteiger partial charge in [-0.3, -0.25) is 4.90 Å². The Morgan fingerprint density at radius 2 is 1.73 bits per heavy atom. The number of furan rings is 1.